The van der Waals surface area contributed by atoms with E-state index in [2.05, 4.69) is 5.32 Å². The molecule has 2 amide bonds. The zero-order chi connectivity index (χ0) is 25.5. The van der Waals surface area contributed by atoms with Gasteiger partial charge in [0.05, 0.1) is 17.0 Å². The fourth-order valence-corrected chi connectivity index (χ4v) is 4.70. The average Bonchev–Trinajstić information content (AvgIpc) is 2.78. The molecule has 34 heavy (non-hydrogen) atoms. The topological polar surface area (TPSA) is 86.8 Å². The summed E-state index contributed by atoms with van der Waals surface area (Å²) in [7, 11) is -3.89. The summed E-state index contributed by atoms with van der Waals surface area (Å²) in [5.41, 5.74) is 0.916. The van der Waals surface area contributed by atoms with Crippen molar-refractivity contribution in [2.75, 3.05) is 17.1 Å². The third kappa shape index (κ3) is 7.61. The van der Waals surface area contributed by atoms with Gasteiger partial charge in [0.25, 0.3) is 0 Å². The first kappa shape index (κ1) is 28.0. The lowest BCUT2D eigenvalue weighted by molar-refractivity contribution is -0.140. The van der Waals surface area contributed by atoms with Crippen molar-refractivity contribution in [1.82, 2.24) is 10.2 Å². The largest absolute Gasteiger partial charge is 0.352 e. The molecule has 2 rings (SSSR count). The second-order valence-corrected chi connectivity index (χ2v) is 10.9. The Morgan fingerprint density at radius 1 is 1.03 bits per heavy atom. The van der Waals surface area contributed by atoms with Crippen LogP contribution in [0, 0.1) is 0 Å². The summed E-state index contributed by atoms with van der Waals surface area (Å²) in [5.74, 6) is -0.815. The minimum atomic E-state index is -3.89. The molecule has 1 N–H and O–H groups in total. The molecule has 0 bridgehead atoms. The lowest BCUT2D eigenvalue weighted by Gasteiger charge is -2.33. The van der Waals surface area contributed by atoms with Crippen LogP contribution in [-0.4, -0.2) is 50.0 Å². The van der Waals surface area contributed by atoms with Crippen molar-refractivity contribution in [3.63, 3.8) is 0 Å². The molecule has 0 aliphatic heterocycles. The van der Waals surface area contributed by atoms with Gasteiger partial charge in [0.2, 0.25) is 21.8 Å². The van der Waals surface area contributed by atoms with Crippen molar-refractivity contribution >= 4 is 50.7 Å². The van der Waals surface area contributed by atoms with Crippen LogP contribution in [0.2, 0.25) is 10.0 Å². The van der Waals surface area contributed by atoms with Crippen LogP contribution in [0.15, 0.2) is 48.5 Å². The zero-order valence-corrected chi connectivity index (χ0v) is 22.1. The number of anilines is 1. The van der Waals surface area contributed by atoms with Crippen molar-refractivity contribution in [3.05, 3.63) is 64.1 Å². The van der Waals surface area contributed by atoms with Crippen molar-refractivity contribution in [2.45, 2.75) is 52.2 Å². The summed E-state index contributed by atoms with van der Waals surface area (Å²) in [6.45, 7) is 5.28. The highest BCUT2D eigenvalue weighted by Gasteiger charge is 2.32. The summed E-state index contributed by atoms with van der Waals surface area (Å²) in [4.78, 5) is 28.1. The molecule has 186 valence electrons. The van der Waals surface area contributed by atoms with E-state index in [1.54, 1.807) is 0 Å². The second-order valence-electron chi connectivity index (χ2n) is 8.11. The second kappa shape index (κ2) is 12.4. The van der Waals surface area contributed by atoms with Crippen LogP contribution in [0.5, 0.6) is 0 Å². The van der Waals surface area contributed by atoms with Gasteiger partial charge in [0.1, 0.15) is 12.6 Å². The molecule has 10 heteroatoms. The number of hydrogen-bond donors (Lipinski definition) is 1. The molecule has 0 heterocycles. The molecule has 0 aliphatic carbocycles. The predicted molar refractivity (Wildman–Crippen MR) is 138 cm³/mol. The number of benzene rings is 2. The van der Waals surface area contributed by atoms with Gasteiger partial charge >= 0.3 is 0 Å². The highest BCUT2D eigenvalue weighted by Crippen LogP contribution is 2.31. The van der Waals surface area contributed by atoms with Crippen LogP contribution in [0.3, 0.4) is 0 Å². The monoisotopic (exact) mass is 527 g/mol. The number of carbonyl (C=O) groups is 2. The summed E-state index contributed by atoms with van der Waals surface area (Å²) >= 11 is 12.3. The Morgan fingerprint density at radius 3 is 2.24 bits per heavy atom. The summed E-state index contributed by atoms with van der Waals surface area (Å²) in [6, 6.07) is 12.8. The molecule has 0 radical (unpaired) electrons. The Kier molecular flexibility index (Phi) is 10.2. The summed E-state index contributed by atoms with van der Waals surface area (Å²) in [5, 5.41) is 3.35. The van der Waals surface area contributed by atoms with E-state index < -0.39 is 28.5 Å². The number of amides is 2. The van der Waals surface area contributed by atoms with Gasteiger partial charge in [-0.1, -0.05) is 67.4 Å². The number of rotatable bonds is 11. The van der Waals surface area contributed by atoms with Crippen LogP contribution in [0.1, 0.15) is 39.2 Å². The van der Waals surface area contributed by atoms with Crippen molar-refractivity contribution in [1.29, 1.82) is 0 Å². The third-order valence-corrected chi connectivity index (χ3v) is 7.12. The molecular formula is C24H31Cl2N3O4S. The number of halogens is 2. The molecule has 2 aromatic rings. The Labute approximate surface area is 212 Å². The lowest BCUT2D eigenvalue weighted by Crippen LogP contribution is -2.53. The fourth-order valence-electron chi connectivity index (χ4n) is 3.41. The maximum atomic E-state index is 13.6. The zero-order valence-electron chi connectivity index (χ0n) is 19.8. The van der Waals surface area contributed by atoms with E-state index in [1.165, 1.54) is 23.1 Å². The van der Waals surface area contributed by atoms with Gasteiger partial charge in [-0.2, -0.15) is 0 Å². The number of nitrogens with zero attached hydrogens (tertiary/aromatic N) is 2. The quantitative estimate of drug-likeness (QED) is 0.466. The van der Waals surface area contributed by atoms with Gasteiger partial charge in [-0.3, -0.25) is 13.9 Å². The Hall–Kier alpha value is -2.29. The standard InChI is InChI=1S/C24H31Cl2N3O4S/c1-5-17(3)27-24(31)21(6-2)28(15-18-10-8-7-9-11-18)23(30)16-29(34(4,32)33)22-14-19(25)12-13-20(22)26/h7-14,17,21H,5-6,15-16H2,1-4H3,(H,27,31)/t17-,21+/m1/s1. The third-order valence-electron chi connectivity index (χ3n) is 5.44. The molecule has 0 saturated carbocycles. The molecule has 0 aromatic heterocycles. The van der Waals surface area contributed by atoms with Crippen LogP contribution in [-0.2, 0) is 26.2 Å². The van der Waals surface area contributed by atoms with E-state index >= 15 is 0 Å². The molecule has 0 unspecified atom stereocenters. The molecular weight excluding hydrogens is 497 g/mol. The minimum absolute atomic E-state index is 0.0620. The van der Waals surface area contributed by atoms with Crippen LogP contribution in [0.4, 0.5) is 5.69 Å². The summed E-state index contributed by atoms with van der Waals surface area (Å²) in [6.07, 6.45) is 2.09. The maximum Gasteiger partial charge on any atom is 0.244 e. The first-order chi connectivity index (χ1) is 16.0. The minimum Gasteiger partial charge on any atom is -0.352 e. The van der Waals surface area contributed by atoms with Gasteiger partial charge in [-0.15, -0.1) is 0 Å². The van der Waals surface area contributed by atoms with E-state index in [0.29, 0.717) is 6.42 Å². The number of hydrogen-bond acceptors (Lipinski definition) is 4. The van der Waals surface area contributed by atoms with Crippen LogP contribution < -0.4 is 9.62 Å². The first-order valence-electron chi connectivity index (χ1n) is 11.0. The highest BCUT2D eigenvalue weighted by atomic mass is 35.5. The van der Waals surface area contributed by atoms with Crippen LogP contribution in [0.25, 0.3) is 0 Å². The van der Waals surface area contributed by atoms with Gasteiger partial charge in [-0.05, 0) is 43.5 Å². The molecule has 7 nitrogen and oxygen atoms in total. The predicted octanol–water partition coefficient (Wildman–Crippen LogP) is 4.48. The van der Waals surface area contributed by atoms with Gasteiger partial charge in [0, 0.05) is 17.6 Å². The molecule has 2 atom stereocenters. The van der Waals surface area contributed by atoms with Gasteiger partial charge in [0.15, 0.2) is 0 Å². The normalized spacial score (nSPS) is 13.1. The van der Waals surface area contributed by atoms with Gasteiger partial charge < -0.3 is 10.2 Å². The first-order valence-corrected chi connectivity index (χ1v) is 13.6. The van der Waals surface area contributed by atoms with E-state index in [-0.39, 0.29) is 34.2 Å². The molecule has 2 aromatic carbocycles. The van der Waals surface area contributed by atoms with E-state index in [4.69, 9.17) is 23.2 Å². The van der Waals surface area contributed by atoms with Crippen molar-refractivity contribution in [2.24, 2.45) is 0 Å². The fraction of sp³-hybridized carbons (Fsp3) is 0.417. The SMILES string of the molecule is CC[C@@H](C)NC(=O)[C@H](CC)N(Cc1ccccc1)C(=O)CN(c1cc(Cl)ccc1Cl)S(C)(=O)=O. The molecule has 0 aliphatic rings. The highest BCUT2D eigenvalue weighted by molar-refractivity contribution is 7.92. The van der Waals surface area contributed by atoms with E-state index in [1.807, 2.05) is 51.1 Å². The van der Waals surface area contributed by atoms with Crippen molar-refractivity contribution in [3.8, 4) is 0 Å². The molecule has 0 fully saturated rings. The number of sulfonamides is 1. The lowest BCUT2D eigenvalue weighted by atomic mass is 10.1. The van der Waals surface area contributed by atoms with Gasteiger partial charge in [-0.25, -0.2) is 8.42 Å². The number of nitrogens with one attached hydrogen (secondary N) is 1. The van der Waals surface area contributed by atoms with Crippen LogP contribution >= 0.6 is 23.2 Å². The van der Waals surface area contributed by atoms with E-state index in [0.717, 1.165) is 22.5 Å². The molecule has 0 saturated heterocycles. The smallest absolute Gasteiger partial charge is 0.244 e. The maximum absolute atomic E-state index is 13.6. The van der Waals surface area contributed by atoms with Crippen molar-refractivity contribution < 1.29 is 18.0 Å². The summed E-state index contributed by atoms with van der Waals surface area (Å²) < 4.78 is 26.2. The Balaban J connectivity index is 2.45. The Bertz CT molecular complexity index is 1100. The van der Waals surface area contributed by atoms with E-state index in [9.17, 15) is 18.0 Å². The number of carbonyl (C=O) groups excluding carboxylic acids is 2. The average molecular weight is 529 g/mol. The molecule has 0 spiro atoms. The Morgan fingerprint density at radius 2 is 1.68 bits per heavy atom.